The van der Waals surface area contributed by atoms with Crippen LogP contribution in [0.1, 0.15) is 41.6 Å². The first-order valence-electron chi connectivity index (χ1n) is 9.20. The molecule has 0 saturated carbocycles. The van der Waals surface area contributed by atoms with Gasteiger partial charge in [0.25, 0.3) is 5.69 Å². The Hall–Kier alpha value is -3.23. The van der Waals surface area contributed by atoms with E-state index < -0.39 is 10.8 Å². The molecule has 9 heteroatoms. The standard InChI is InChI=1S/C19H24N6O3/c1-12(2)19-21-13(3)10-17(22-19)24-8-6-23(7-9-24)15-5-4-14(18(20)26)11-16(15)25(27)28/h4-5,10-12H,6-9H2,1-3H3,(H2,20,26). The highest BCUT2D eigenvalue weighted by Crippen LogP contribution is 2.30. The number of amides is 1. The first kappa shape index (κ1) is 19.5. The Labute approximate surface area is 163 Å². The van der Waals surface area contributed by atoms with Gasteiger partial charge < -0.3 is 15.5 Å². The lowest BCUT2D eigenvalue weighted by molar-refractivity contribution is -0.384. The number of primary amides is 1. The third-order valence-corrected chi connectivity index (χ3v) is 4.78. The molecule has 1 aromatic heterocycles. The molecule has 0 spiro atoms. The van der Waals surface area contributed by atoms with Crippen molar-refractivity contribution in [2.45, 2.75) is 26.7 Å². The number of nitro benzene ring substituents is 1. The van der Waals surface area contributed by atoms with Crippen LogP contribution in [0.25, 0.3) is 0 Å². The van der Waals surface area contributed by atoms with Crippen LogP contribution in [0.3, 0.4) is 0 Å². The Morgan fingerprint density at radius 2 is 1.79 bits per heavy atom. The molecule has 0 radical (unpaired) electrons. The molecule has 0 bridgehead atoms. The van der Waals surface area contributed by atoms with Crippen LogP contribution in [0, 0.1) is 17.0 Å². The molecule has 2 aromatic rings. The average molecular weight is 384 g/mol. The molecule has 0 unspecified atom stereocenters. The van der Waals surface area contributed by atoms with Crippen molar-refractivity contribution in [3.63, 3.8) is 0 Å². The summed E-state index contributed by atoms with van der Waals surface area (Å²) in [5.41, 5.74) is 6.69. The second-order valence-corrected chi connectivity index (χ2v) is 7.18. The number of carbonyl (C=O) groups is 1. The molecular formula is C19H24N6O3. The van der Waals surface area contributed by atoms with Gasteiger partial charge in [0.05, 0.1) is 4.92 Å². The molecule has 1 fully saturated rings. The third kappa shape index (κ3) is 4.03. The Morgan fingerprint density at radius 3 is 2.36 bits per heavy atom. The van der Waals surface area contributed by atoms with Crippen LogP contribution >= 0.6 is 0 Å². The minimum Gasteiger partial charge on any atom is -0.366 e. The number of aryl methyl sites for hydroxylation is 1. The predicted molar refractivity (Wildman–Crippen MR) is 107 cm³/mol. The minimum atomic E-state index is -0.681. The second kappa shape index (κ2) is 7.79. The maximum Gasteiger partial charge on any atom is 0.293 e. The van der Waals surface area contributed by atoms with Gasteiger partial charge in [0, 0.05) is 55.5 Å². The molecule has 0 atom stereocenters. The first-order chi connectivity index (χ1) is 13.3. The van der Waals surface area contributed by atoms with Crippen molar-refractivity contribution in [1.82, 2.24) is 9.97 Å². The van der Waals surface area contributed by atoms with E-state index in [0.29, 0.717) is 31.9 Å². The third-order valence-electron chi connectivity index (χ3n) is 4.78. The van der Waals surface area contributed by atoms with Gasteiger partial charge in [0.2, 0.25) is 5.91 Å². The van der Waals surface area contributed by atoms with Crippen LogP contribution in [-0.2, 0) is 0 Å². The molecule has 3 rings (SSSR count). The predicted octanol–water partition coefficient (Wildman–Crippen LogP) is 2.24. The zero-order valence-electron chi connectivity index (χ0n) is 16.3. The second-order valence-electron chi connectivity index (χ2n) is 7.18. The highest BCUT2D eigenvalue weighted by Gasteiger charge is 2.25. The van der Waals surface area contributed by atoms with E-state index in [0.717, 1.165) is 17.3 Å². The molecule has 0 aliphatic carbocycles. The highest BCUT2D eigenvalue weighted by atomic mass is 16.6. The van der Waals surface area contributed by atoms with Crippen molar-refractivity contribution in [2.75, 3.05) is 36.0 Å². The molecule has 28 heavy (non-hydrogen) atoms. The van der Waals surface area contributed by atoms with Crippen LogP contribution in [0.5, 0.6) is 0 Å². The van der Waals surface area contributed by atoms with Crippen molar-refractivity contribution in [3.05, 3.63) is 51.5 Å². The monoisotopic (exact) mass is 384 g/mol. The van der Waals surface area contributed by atoms with Crippen LogP contribution in [0.2, 0.25) is 0 Å². The van der Waals surface area contributed by atoms with Crippen molar-refractivity contribution in [3.8, 4) is 0 Å². The summed E-state index contributed by atoms with van der Waals surface area (Å²) in [7, 11) is 0. The number of anilines is 2. The van der Waals surface area contributed by atoms with Gasteiger partial charge >= 0.3 is 0 Å². The smallest absolute Gasteiger partial charge is 0.293 e. The number of aromatic nitrogens is 2. The largest absolute Gasteiger partial charge is 0.366 e. The Balaban J connectivity index is 1.79. The molecule has 1 aromatic carbocycles. The molecule has 1 aliphatic rings. The van der Waals surface area contributed by atoms with E-state index in [-0.39, 0.29) is 17.2 Å². The molecule has 1 aliphatic heterocycles. The van der Waals surface area contributed by atoms with Gasteiger partial charge in [-0.05, 0) is 19.1 Å². The SMILES string of the molecule is Cc1cc(N2CCN(c3ccc(C(N)=O)cc3[N+](=O)[O-])CC2)nc(C(C)C)n1. The van der Waals surface area contributed by atoms with E-state index in [4.69, 9.17) is 5.73 Å². The number of rotatable bonds is 5. The Morgan fingerprint density at radius 1 is 1.14 bits per heavy atom. The summed E-state index contributed by atoms with van der Waals surface area (Å²) in [4.78, 5) is 35.6. The molecule has 2 N–H and O–H groups in total. The summed E-state index contributed by atoms with van der Waals surface area (Å²) < 4.78 is 0. The summed E-state index contributed by atoms with van der Waals surface area (Å²) in [5.74, 6) is 1.26. The number of carbonyl (C=O) groups excluding carboxylic acids is 1. The molecule has 1 saturated heterocycles. The minimum absolute atomic E-state index is 0.107. The van der Waals surface area contributed by atoms with E-state index in [1.807, 2.05) is 17.9 Å². The number of benzene rings is 1. The fraction of sp³-hybridized carbons (Fsp3) is 0.421. The van der Waals surface area contributed by atoms with Gasteiger partial charge in [-0.1, -0.05) is 13.8 Å². The number of hydrogen-bond acceptors (Lipinski definition) is 7. The van der Waals surface area contributed by atoms with Crippen LogP contribution < -0.4 is 15.5 Å². The summed E-state index contributed by atoms with van der Waals surface area (Å²) in [6.07, 6.45) is 0. The van der Waals surface area contributed by atoms with Crippen molar-refractivity contribution in [1.29, 1.82) is 0 Å². The van der Waals surface area contributed by atoms with Gasteiger partial charge in [-0.2, -0.15) is 0 Å². The first-order valence-corrected chi connectivity index (χ1v) is 9.20. The highest BCUT2D eigenvalue weighted by molar-refractivity contribution is 5.94. The van der Waals surface area contributed by atoms with Gasteiger partial charge in [0.15, 0.2) is 0 Å². The van der Waals surface area contributed by atoms with Gasteiger partial charge in [0.1, 0.15) is 17.3 Å². The zero-order valence-corrected chi connectivity index (χ0v) is 16.3. The van der Waals surface area contributed by atoms with Crippen LogP contribution in [0.15, 0.2) is 24.3 Å². The summed E-state index contributed by atoms with van der Waals surface area (Å²) >= 11 is 0. The van der Waals surface area contributed by atoms with Crippen molar-refractivity contribution >= 4 is 23.1 Å². The van der Waals surface area contributed by atoms with E-state index >= 15 is 0 Å². The molecule has 9 nitrogen and oxygen atoms in total. The number of piperazine rings is 1. The van der Waals surface area contributed by atoms with E-state index in [9.17, 15) is 14.9 Å². The molecular weight excluding hydrogens is 360 g/mol. The quantitative estimate of drug-likeness (QED) is 0.620. The van der Waals surface area contributed by atoms with E-state index in [2.05, 4.69) is 28.7 Å². The fourth-order valence-electron chi connectivity index (χ4n) is 3.26. The van der Waals surface area contributed by atoms with Crippen molar-refractivity contribution < 1.29 is 9.72 Å². The summed E-state index contributed by atoms with van der Waals surface area (Å²) in [6, 6.07) is 6.33. The summed E-state index contributed by atoms with van der Waals surface area (Å²) in [5, 5.41) is 11.5. The maximum absolute atomic E-state index is 11.5. The number of hydrogen-bond donors (Lipinski definition) is 1. The molecule has 2 heterocycles. The molecule has 148 valence electrons. The molecule has 1 amide bonds. The van der Waals surface area contributed by atoms with Crippen molar-refractivity contribution in [2.24, 2.45) is 5.73 Å². The van der Waals surface area contributed by atoms with E-state index in [1.165, 1.54) is 12.1 Å². The summed E-state index contributed by atoms with van der Waals surface area (Å²) in [6.45, 7) is 8.66. The normalized spacial score (nSPS) is 14.4. The Kier molecular flexibility index (Phi) is 5.43. The van der Waals surface area contributed by atoms with E-state index in [1.54, 1.807) is 6.07 Å². The number of nitrogens with zero attached hydrogens (tertiary/aromatic N) is 5. The number of nitro groups is 1. The lowest BCUT2D eigenvalue weighted by atomic mass is 10.1. The maximum atomic E-state index is 11.5. The van der Waals surface area contributed by atoms with Crippen LogP contribution in [0.4, 0.5) is 17.2 Å². The Bertz CT molecular complexity index is 907. The lowest BCUT2D eigenvalue weighted by Gasteiger charge is -2.36. The average Bonchev–Trinajstić information content (AvgIpc) is 2.67. The zero-order chi connectivity index (χ0) is 20.4. The lowest BCUT2D eigenvalue weighted by Crippen LogP contribution is -2.47. The fourth-order valence-corrected chi connectivity index (χ4v) is 3.26. The number of nitrogens with two attached hydrogens (primary N) is 1. The van der Waals surface area contributed by atoms with Crippen LogP contribution in [-0.4, -0.2) is 47.0 Å². The van der Waals surface area contributed by atoms with Gasteiger partial charge in [-0.25, -0.2) is 9.97 Å². The van der Waals surface area contributed by atoms with Gasteiger partial charge in [-0.3, -0.25) is 14.9 Å². The van der Waals surface area contributed by atoms with Gasteiger partial charge in [-0.15, -0.1) is 0 Å². The topological polar surface area (TPSA) is 118 Å².